The Balaban J connectivity index is 1.99. The molecule has 1 aliphatic rings. The van der Waals surface area contributed by atoms with E-state index in [1.54, 1.807) is 54.6 Å². The lowest BCUT2D eigenvalue weighted by molar-refractivity contribution is 0.0692. The van der Waals surface area contributed by atoms with Crippen LogP contribution in [-0.2, 0) is 17.1 Å². The maximum Gasteiger partial charge on any atom is 0.264 e. The fraction of sp³-hybridized carbons (Fsp3) is 0.455. The molecule has 0 unspecified atom stereocenters. The van der Waals surface area contributed by atoms with E-state index in [4.69, 9.17) is 0 Å². The van der Waals surface area contributed by atoms with E-state index < -0.39 is 10.0 Å². The number of sulfonamides is 1. The Kier molecular flexibility index (Phi) is 6.08. The summed E-state index contributed by atoms with van der Waals surface area (Å²) >= 11 is 0. The number of hydrogen-bond donors (Lipinski definition) is 1. The zero-order valence-corrected chi connectivity index (χ0v) is 19.0. The number of carbonyl (C=O) groups excluding carboxylic acids is 2. The van der Waals surface area contributed by atoms with Gasteiger partial charge in [-0.05, 0) is 63.8 Å². The van der Waals surface area contributed by atoms with Crippen LogP contribution in [0, 0.1) is 19.8 Å². The molecular weight excluding hydrogens is 402 g/mol. The average Bonchev–Trinajstić information content (AvgIpc) is 2.93. The van der Waals surface area contributed by atoms with E-state index in [2.05, 4.69) is 11.6 Å². The molecule has 162 valence electrons. The number of rotatable bonds is 5. The molecule has 8 heteroatoms. The summed E-state index contributed by atoms with van der Waals surface area (Å²) in [5.41, 5.74) is 2.21. The van der Waals surface area contributed by atoms with Crippen molar-refractivity contribution in [3.8, 4) is 0 Å². The third-order valence-corrected chi connectivity index (χ3v) is 7.56. The van der Waals surface area contributed by atoms with Crippen LogP contribution >= 0.6 is 0 Å². The van der Waals surface area contributed by atoms with Crippen LogP contribution in [0.1, 0.15) is 58.8 Å². The molecule has 0 saturated carbocycles. The standard InChI is InChI=1S/C22H29N3O4S/c1-14-10-12-25(13-11-14)22(27)20-15(2)24(5)16(3)21(20)30(28,29)23-19-8-6-18(7-9-19)17(4)26/h6-9,14,23H,10-13H2,1-5H3. The highest BCUT2D eigenvalue weighted by Crippen LogP contribution is 2.30. The van der Waals surface area contributed by atoms with Gasteiger partial charge < -0.3 is 9.47 Å². The summed E-state index contributed by atoms with van der Waals surface area (Å²) < 4.78 is 30.9. The van der Waals surface area contributed by atoms with E-state index >= 15 is 0 Å². The molecule has 1 aliphatic heterocycles. The van der Waals surface area contributed by atoms with Crippen molar-refractivity contribution in [2.75, 3.05) is 17.8 Å². The lowest BCUT2D eigenvalue weighted by Gasteiger charge is -2.30. The van der Waals surface area contributed by atoms with E-state index in [0.717, 1.165) is 12.8 Å². The van der Waals surface area contributed by atoms with E-state index in [1.165, 1.54) is 6.92 Å². The van der Waals surface area contributed by atoms with Gasteiger partial charge in [0.15, 0.2) is 5.78 Å². The molecule has 0 spiro atoms. The van der Waals surface area contributed by atoms with Crippen LogP contribution in [0.3, 0.4) is 0 Å². The van der Waals surface area contributed by atoms with E-state index in [0.29, 0.717) is 41.6 Å². The van der Waals surface area contributed by atoms with Crippen molar-refractivity contribution in [2.45, 2.75) is 45.4 Å². The molecular formula is C22H29N3O4S. The summed E-state index contributed by atoms with van der Waals surface area (Å²) in [6.45, 7) is 8.36. The van der Waals surface area contributed by atoms with Gasteiger partial charge in [0.2, 0.25) is 0 Å². The van der Waals surface area contributed by atoms with Crippen molar-refractivity contribution in [3.63, 3.8) is 0 Å². The molecule has 1 amide bonds. The van der Waals surface area contributed by atoms with Gasteiger partial charge in [0, 0.05) is 42.8 Å². The SMILES string of the molecule is CC(=O)c1ccc(NS(=O)(=O)c2c(C(=O)N3CCC(C)CC3)c(C)n(C)c2C)cc1. The summed E-state index contributed by atoms with van der Waals surface area (Å²) in [4.78, 5) is 26.5. The minimum Gasteiger partial charge on any atom is -0.350 e. The number of likely N-dealkylation sites (tertiary alicyclic amines) is 1. The Labute approximate surface area is 178 Å². The molecule has 0 aliphatic carbocycles. The minimum atomic E-state index is -4.01. The predicted molar refractivity (Wildman–Crippen MR) is 116 cm³/mol. The number of amides is 1. The van der Waals surface area contributed by atoms with Crippen LogP contribution in [0.15, 0.2) is 29.2 Å². The maximum atomic E-state index is 13.3. The number of nitrogens with one attached hydrogen (secondary N) is 1. The normalized spacial score (nSPS) is 15.3. The highest BCUT2D eigenvalue weighted by Gasteiger charge is 2.33. The second-order valence-corrected chi connectivity index (χ2v) is 9.77. The van der Waals surface area contributed by atoms with Crippen LogP contribution in [0.2, 0.25) is 0 Å². The van der Waals surface area contributed by atoms with Crippen LogP contribution in [0.4, 0.5) is 5.69 Å². The van der Waals surface area contributed by atoms with Crippen LogP contribution < -0.4 is 4.72 Å². The van der Waals surface area contributed by atoms with Crippen molar-refractivity contribution in [2.24, 2.45) is 13.0 Å². The molecule has 1 N–H and O–H groups in total. The number of carbonyl (C=O) groups is 2. The lowest BCUT2D eigenvalue weighted by Crippen LogP contribution is -2.38. The first-order chi connectivity index (χ1) is 14.0. The quantitative estimate of drug-likeness (QED) is 0.734. The molecule has 1 fully saturated rings. The van der Waals surface area contributed by atoms with Gasteiger partial charge in [0.25, 0.3) is 15.9 Å². The van der Waals surface area contributed by atoms with Gasteiger partial charge in [-0.15, -0.1) is 0 Å². The Morgan fingerprint density at radius 1 is 1.03 bits per heavy atom. The first kappa shape index (κ1) is 22.1. The van der Waals surface area contributed by atoms with Gasteiger partial charge in [-0.1, -0.05) is 6.92 Å². The number of hydrogen-bond acceptors (Lipinski definition) is 4. The number of Topliss-reactive ketones (excluding diaryl/α,β-unsaturated/α-hetero) is 1. The molecule has 1 aromatic carbocycles. The van der Waals surface area contributed by atoms with Crippen molar-refractivity contribution in [1.29, 1.82) is 0 Å². The van der Waals surface area contributed by atoms with E-state index in [9.17, 15) is 18.0 Å². The van der Waals surface area contributed by atoms with Gasteiger partial charge >= 0.3 is 0 Å². The highest BCUT2D eigenvalue weighted by atomic mass is 32.2. The van der Waals surface area contributed by atoms with Gasteiger partial charge in [0.05, 0.1) is 5.56 Å². The smallest absolute Gasteiger partial charge is 0.264 e. The molecule has 1 saturated heterocycles. The third kappa shape index (κ3) is 4.14. The molecule has 30 heavy (non-hydrogen) atoms. The zero-order valence-electron chi connectivity index (χ0n) is 18.2. The lowest BCUT2D eigenvalue weighted by atomic mass is 9.98. The van der Waals surface area contributed by atoms with Crippen molar-refractivity contribution in [3.05, 3.63) is 46.8 Å². The van der Waals surface area contributed by atoms with Gasteiger partial charge in [-0.2, -0.15) is 0 Å². The van der Waals surface area contributed by atoms with Crippen LogP contribution in [0.5, 0.6) is 0 Å². The summed E-state index contributed by atoms with van der Waals surface area (Å²) in [5, 5.41) is 0. The van der Waals surface area contributed by atoms with Gasteiger partial charge in [0.1, 0.15) is 4.90 Å². The topological polar surface area (TPSA) is 88.5 Å². The van der Waals surface area contributed by atoms with Crippen molar-refractivity contribution in [1.82, 2.24) is 9.47 Å². The molecule has 7 nitrogen and oxygen atoms in total. The summed E-state index contributed by atoms with van der Waals surface area (Å²) in [7, 11) is -2.24. The van der Waals surface area contributed by atoms with Gasteiger partial charge in [-0.25, -0.2) is 8.42 Å². The number of benzene rings is 1. The number of aromatic nitrogens is 1. The van der Waals surface area contributed by atoms with Crippen molar-refractivity contribution < 1.29 is 18.0 Å². The largest absolute Gasteiger partial charge is 0.350 e. The van der Waals surface area contributed by atoms with Crippen LogP contribution in [-0.4, -0.2) is 42.7 Å². The molecule has 0 bridgehead atoms. The fourth-order valence-electron chi connectivity index (χ4n) is 3.85. The predicted octanol–water partition coefficient (Wildman–Crippen LogP) is 3.52. The highest BCUT2D eigenvalue weighted by molar-refractivity contribution is 7.92. The van der Waals surface area contributed by atoms with Crippen molar-refractivity contribution >= 4 is 27.4 Å². The maximum absolute atomic E-state index is 13.3. The molecule has 1 aromatic heterocycles. The average molecular weight is 432 g/mol. The molecule has 2 heterocycles. The zero-order chi connectivity index (χ0) is 22.2. The molecule has 3 rings (SSSR count). The molecule has 2 aromatic rings. The summed E-state index contributed by atoms with van der Waals surface area (Å²) in [5.74, 6) is 0.230. The second kappa shape index (κ2) is 8.26. The Hall–Kier alpha value is -2.61. The fourth-order valence-corrected chi connectivity index (χ4v) is 5.42. The van der Waals surface area contributed by atoms with Crippen LogP contribution in [0.25, 0.3) is 0 Å². The summed E-state index contributed by atoms with van der Waals surface area (Å²) in [6.07, 6.45) is 1.83. The summed E-state index contributed by atoms with van der Waals surface area (Å²) in [6, 6.07) is 6.24. The van der Waals surface area contributed by atoms with Gasteiger partial charge in [-0.3, -0.25) is 14.3 Å². The monoisotopic (exact) mass is 431 g/mol. The third-order valence-electron chi connectivity index (χ3n) is 6.02. The minimum absolute atomic E-state index is 0.0155. The second-order valence-electron chi connectivity index (χ2n) is 8.15. The Morgan fingerprint density at radius 3 is 2.13 bits per heavy atom. The molecule has 0 atom stereocenters. The first-order valence-electron chi connectivity index (χ1n) is 10.1. The van der Waals surface area contributed by atoms with E-state index in [-0.39, 0.29) is 22.1 Å². The number of anilines is 1. The Bertz CT molecular complexity index is 1080. The Morgan fingerprint density at radius 2 is 1.60 bits per heavy atom. The molecule has 0 radical (unpaired) electrons. The number of ketones is 1. The van der Waals surface area contributed by atoms with E-state index in [1.807, 2.05) is 0 Å². The number of piperidine rings is 1. The first-order valence-corrected chi connectivity index (χ1v) is 11.6. The number of nitrogens with zero attached hydrogens (tertiary/aromatic N) is 2.